The van der Waals surface area contributed by atoms with Gasteiger partial charge in [0.05, 0.1) is 0 Å². The van der Waals surface area contributed by atoms with Gasteiger partial charge in [-0.1, -0.05) is 0 Å². The fraction of sp³-hybridized carbons (Fsp3) is 0.913. The smallest absolute Gasteiger partial charge is 0.417 e. The molecule has 9 nitrogen and oxygen atoms in total. The van der Waals surface area contributed by atoms with Gasteiger partial charge in [-0.05, 0) is 124 Å². The molecule has 0 saturated heterocycles. The van der Waals surface area contributed by atoms with Crippen molar-refractivity contribution in [2.45, 2.75) is 137 Å². The standard InChI is InChI=1S/C23H66O9Si10/c1-23-42(30-39(20,24-33(2,3)4)25-34(5,6)7,31-40(21,26-35(8,9)10)27-36(11,12)13)32-41(22,28-37(14,15)16)29-38(17,18)19/h23H,1H2,2-22H3. The van der Waals surface area contributed by atoms with Crippen molar-refractivity contribution in [2.75, 3.05) is 0 Å². The summed E-state index contributed by atoms with van der Waals surface area (Å²) in [4.78, 5) is 0. The van der Waals surface area contributed by atoms with Crippen LogP contribution in [0.2, 0.25) is 137 Å². The molecule has 0 amide bonds. The van der Waals surface area contributed by atoms with Gasteiger partial charge in [0.15, 0.2) is 49.9 Å². The van der Waals surface area contributed by atoms with E-state index in [-0.39, 0.29) is 0 Å². The van der Waals surface area contributed by atoms with Crippen LogP contribution in [0, 0.1) is 0 Å². The summed E-state index contributed by atoms with van der Waals surface area (Å²) in [6, 6.07) is 0. The fourth-order valence-electron chi connectivity index (χ4n) is 4.49. The van der Waals surface area contributed by atoms with Crippen LogP contribution in [0.3, 0.4) is 0 Å². The molecule has 0 aromatic carbocycles. The van der Waals surface area contributed by atoms with E-state index in [9.17, 15) is 0 Å². The highest BCUT2D eigenvalue weighted by Gasteiger charge is 2.62. The van der Waals surface area contributed by atoms with E-state index >= 15 is 0 Å². The van der Waals surface area contributed by atoms with Crippen molar-refractivity contribution >= 4 is 85.1 Å². The Morgan fingerprint density at radius 1 is 0.286 bits per heavy atom. The van der Waals surface area contributed by atoms with Crippen LogP contribution in [-0.4, -0.2) is 85.1 Å². The Morgan fingerprint density at radius 3 is 0.524 bits per heavy atom. The maximum Gasteiger partial charge on any atom is 0.506 e. The van der Waals surface area contributed by atoms with Crippen LogP contribution in [0.25, 0.3) is 0 Å². The minimum absolute atomic E-state index is 1.68. The lowest BCUT2D eigenvalue weighted by molar-refractivity contribution is 0.130. The van der Waals surface area contributed by atoms with E-state index in [0.29, 0.717) is 0 Å². The van der Waals surface area contributed by atoms with E-state index in [1.54, 1.807) is 5.70 Å². The highest BCUT2D eigenvalue weighted by atomic mass is 28.6. The third kappa shape index (κ3) is 19.9. The summed E-state index contributed by atoms with van der Waals surface area (Å²) in [7, 11) is -26.9. The molecule has 0 aliphatic carbocycles. The zero-order chi connectivity index (χ0) is 34.1. The summed E-state index contributed by atoms with van der Waals surface area (Å²) in [6.07, 6.45) is 0. The molecule has 0 spiro atoms. The molecule has 42 heavy (non-hydrogen) atoms. The van der Waals surface area contributed by atoms with E-state index in [0.717, 1.165) is 0 Å². The fourth-order valence-corrected chi connectivity index (χ4v) is 44.9. The van der Waals surface area contributed by atoms with Crippen molar-refractivity contribution in [3.05, 3.63) is 12.3 Å². The topological polar surface area (TPSA) is 83.1 Å². The maximum atomic E-state index is 7.13. The van der Waals surface area contributed by atoms with Crippen molar-refractivity contribution in [3.63, 3.8) is 0 Å². The lowest BCUT2D eigenvalue weighted by atomic mass is 11.3. The normalized spacial score (nSPS) is 15.7. The van der Waals surface area contributed by atoms with E-state index in [4.69, 9.17) is 37.0 Å². The number of hydrogen-bond acceptors (Lipinski definition) is 9. The predicted molar refractivity (Wildman–Crippen MR) is 201 cm³/mol. The van der Waals surface area contributed by atoms with Crippen LogP contribution in [0.5, 0.6) is 0 Å². The van der Waals surface area contributed by atoms with Gasteiger partial charge in [-0.3, -0.25) is 0 Å². The van der Waals surface area contributed by atoms with Gasteiger partial charge < -0.3 is 37.0 Å². The molecule has 0 aromatic rings. The molecule has 19 heteroatoms. The van der Waals surface area contributed by atoms with Crippen molar-refractivity contribution in [2.24, 2.45) is 0 Å². The summed E-state index contributed by atoms with van der Waals surface area (Å²) in [5, 5.41) is 0. The molecule has 0 aliphatic rings. The minimum Gasteiger partial charge on any atom is -0.417 e. The van der Waals surface area contributed by atoms with E-state index in [2.05, 4.69) is 124 Å². The summed E-state index contributed by atoms with van der Waals surface area (Å²) in [6.45, 7) is 48.6. The molecule has 0 rings (SSSR count). The molecule has 0 N–H and O–H groups in total. The maximum absolute atomic E-state index is 7.13. The van der Waals surface area contributed by atoms with Gasteiger partial charge in [0.2, 0.25) is 0 Å². The molecule has 0 unspecified atom stereocenters. The average molecular weight is 768 g/mol. The van der Waals surface area contributed by atoms with Crippen LogP contribution >= 0.6 is 0 Å². The van der Waals surface area contributed by atoms with Crippen LogP contribution in [0.4, 0.5) is 0 Å². The first-order valence-corrected chi connectivity index (χ1v) is 43.8. The highest BCUT2D eigenvalue weighted by molar-refractivity contribution is 6.96. The lowest BCUT2D eigenvalue weighted by Gasteiger charge is -2.48. The Morgan fingerprint density at radius 2 is 0.429 bits per heavy atom. The van der Waals surface area contributed by atoms with Crippen LogP contribution in [0.1, 0.15) is 0 Å². The van der Waals surface area contributed by atoms with E-state index in [1.807, 2.05) is 19.6 Å². The number of hydrogen-bond donors (Lipinski definition) is 0. The van der Waals surface area contributed by atoms with Crippen LogP contribution in [0.15, 0.2) is 12.3 Å². The lowest BCUT2D eigenvalue weighted by Crippen LogP contribution is -2.70. The van der Waals surface area contributed by atoms with Crippen molar-refractivity contribution < 1.29 is 37.0 Å². The minimum atomic E-state index is -3.94. The molecule has 0 bridgehead atoms. The van der Waals surface area contributed by atoms with Crippen molar-refractivity contribution in [1.29, 1.82) is 0 Å². The first-order valence-electron chi connectivity index (χ1n) is 14.9. The summed E-state index contributed by atoms with van der Waals surface area (Å²) in [5.41, 5.74) is 1.68. The van der Waals surface area contributed by atoms with Crippen molar-refractivity contribution in [3.8, 4) is 0 Å². The third-order valence-electron chi connectivity index (χ3n) is 4.18. The molecule has 252 valence electrons. The number of rotatable bonds is 19. The summed E-state index contributed by atoms with van der Waals surface area (Å²) in [5.74, 6) is 0. The molecule has 0 heterocycles. The quantitative estimate of drug-likeness (QED) is 0.120. The monoisotopic (exact) mass is 766 g/mol. The van der Waals surface area contributed by atoms with Gasteiger partial charge in [-0.15, -0.1) is 6.58 Å². The highest BCUT2D eigenvalue weighted by Crippen LogP contribution is 2.35. The van der Waals surface area contributed by atoms with Crippen molar-refractivity contribution in [1.82, 2.24) is 0 Å². The Kier molecular flexibility index (Phi) is 14.9. The zero-order valence-corrected chi connectivity index (χ0v) is 41.0. The second-order valence-electron chi connectivity index (χ2n) is 17.0. The van der Waals surface area contributed by atoms with Gasteiger partial charge in [-0.25, -0.2) is 0 Å². The van der Waals surface area contributed by atoms with E-state index < -0.39 is 85.1 Å². The molecule has 0 aliphatic heterocycles. The second-order valence-corrected chi connectivity index (χ2v) is 56.5. The predicted octanol–water partition coefficient (Wildman–Crippen LogP) is 8.52. The first-order chi connectivity index (χ1) is 17.9. The average Bonchev–Trinajstić information content (AvgIpc) is 2.48. The van der Waals surface area contributed by atoms with Gasteiger partial charge in [0.1, 0.15) is 0 Å². The molecule has 0 aromatic heterocycles. The van der Waals surface area contributed by atoms with Gasteiger partial charge in [0, 0.05) is 19.6 Å². The summed E-state index contributed by atoms with van der Waals surface area (Å²) < 4.78 is 62.1. The largest absolute Gasteiger partial charge is 0.506 e. The van der Waals surface area contributed by atoms with E-state index in [1.165, 1.54) is 0 Å². The Hall–Kier alpha value is 1.55. The van der Waals surface area contributed by atoms with Crippen LogP contribution in [-0.2, 0) is 37.0 Å². The van der Waals surface area contributed by atoms with Gasteiger partial charge in [-0.2, -0.15) is 0 Å². The molecule has 0 saturated carbocycles. The molecule has 0 atom stereocenters. The Labute approximate surface area is 270 Å². The van der Waals surface area contributed by atoms with Crippen LogP contribution < -0.4 is 0 Å². The molecular formula is C23H66O9Si10. The second kappa shape index (κ2) is 14.3. The molecule has 0 fully saturated rings. The zero-order valence-electron chi connectivity index (χ0n) is 31.0. The Bertz CT molecular complexity index is 727. The van der Waals surface area contributed by atoms with Gasteiger partial charge in [0.25, 0.3) is 0 Å². The van der Waals surface area contributed by atoms with Gasteiger partial charge >= 0.3 is 35.2 Å². The first kappa shape index (κ1) is 43.5. The molecule has 0 radical (unpaired) electrons. The SMILES string of the molecule is C=C[Si](O[Si](C)(O[Si](C)(C)C)O[Si](C)(C)C)(O[Si](C)(O[Si](C)(C)C)O[Si](C)(C)C)O[Si](C)(O[Si](C)(C)C)O[Si](C)(C)C. The Balaban J connectivity index is 7.49. The molecular weight excluding hydrogens is 701 g/mol. The third-order valence-corrected chi connectivity index (χ3v) is 36.1. The summed E-state index contributed by atoms with van der Waals surface area (Å²) >= 11 is 0.